The molecule has 0 spiro atoms. The van der Waals surface area contributed by atoms with Gasteiger partial charge in [0.15, 0.2) is 0 Å². The van der Waals surface area contributed by atoms with E-state index in [1.165, 1.54) is 0 Å². The van der Waals surface area contributed by atoms with Crippen LogP contribution in [0.2, 0.25) is 10.0 Å². The minimum Gasteiger partial charge on any atom is -0.466 e. The van der Waals surface area contributed by atoms with Crippen molar-refractivity contribution >= 4 is 40.1 Å². The molecule has 0 bridgehead atoms. The molecule has 0 saturated heterocycles. The van der Waals surface area contributed by atoms with Gasteiger partial charge in [-0.15, -0.1) is 0 Å². The molecule has 1 aromatic heterocycles. The summed E-state index contributed by atoms with van der Waals surface area (Å²) >= 11 is 12.3. The maximum Gasteiger partial charge on any atom is 0.310 e. The van der Waals surface area contributed by atoms with E-state index >= 15 is 0 Å². The first kappa shape index (κ1) is 15.9. The van der Waals surface area contributed by atoms with Crippen molar-refractivity contribution in [2.75, 3.05) is 6.61 Å². The molecule has 0 aliphatic rings. The highest BCUT2D eigenvalue weighted by molar-refractivity contribution is 6.36. The second-order valence-electron chi connectivity index (χ2n) is 5.13. The van der Waals surface area contributed by atoms with Crippen LogP contribution in [0.15, 0.2) is 42.5 Å². The van der Waals surface area contributed by atoms with Gasteiger partial charge in [-0.3, -0.25) is 4.79 Å². The molecule has 0 aliphatic carbocycles. The number of nitrogens with one attached hydrogen (secondary N) is 1. The molecule has 1 heterocycles. The zero-order valence-electron chi connectivity index (χ0n) is 12.5. The number of ether oxygens (including phenoxy) is 1. The van der Waals surface area contributed by atoms with E-state index in [1.54, 1.807) is 19.1 Å². The zero-order chi connectivity index (χ0) is 16.4. The Labute approximate surface area is 144 Å². The number of hydrogen-bond donors (Lipinski definition) is 1. The number of benzene rings is 2. The number of rotatable bonds is 4. The quantitative estimate of drug-likeness (QED) is 0.655. The second-order valence-corrected chi connectivity index (χ2v) is 5.97. The van der Waals surface area contributed by atoms with Crippen LogP contribution in [0.3, 0.4) is 0 Å². The van der Waals surface area contributed by atoms with Crippen molar-refractivity contribution in [2.24, 2.45) is 0 Å². The van der Waals surface area contributed by atoms with Crippen LogP contribution in [0.25, 0.3) is 22.2 Å². The van der Waals surface area contributed by atoms with Gasteiger partial charge in [0.05, 0.1) is 23.7 Å². The standard InChI is InChI=1S/C18H15Cl2NO2/c1-2-23-17(22)10-14-12-5-3-4-6-16(12)21-18(14)13-8-7-11(19)9-15(13)20/h3-9,21H,2,10H2,1H3. The number of esters is 1. The van der Waals surface area contributed by atoms with E-state index in [-0.39, 0.29) is 12.4 Å². The lowest BCUT2D eigenvalue weighted by Gasteiger charge is -2.07. The van der Waals surface area contributed by atoms with Gasteiger partial charge in [0.2, 0.25) is 0 Å². The highest BCUT2D eigenvalue weighted by Crippen LogP contribution is 2.36. The van der Waals surface area contributed by atoms with Crippen molar-refractivity contribution in [1.82, 2.24) is 4.98 Å². The SMILES string of the molecule is CCOC(=O)Cc1c(-c2ccc(Cl)cc2Cl)[nH]c2ccccc12. The highest BCUT2D eigenvalue weighted by atomic mass is 35.5. The number of aromatic nitrogens is 1. The summed E-state index contributed by atoms with van der Waals surface area (Å²) in [5.41, 5.74) is 3.46. The predicted octanol–water partition coefficient (Wildman–Crippen LogP) is 5.25. The molecule has 2 aromatic carbocycles. The molecule has 23 heavy (non-hydrogen) atoms. The normalized spacial score (nSPS) is 10.9. The van der Waals surface area contributed by atoms with Crippen LogP contribution in [-0.2, 0) is 16.0 Å². The number of fused-ring (bicyclic) bond motifs is 1. The molecule has 0 saturated carbocycles. The fourth-order valence-electron chi connectivity index (χ4n) is 2.66. The second kappa shape index (κ2) is 6.65. The van der Waals surface area contributed by atoms with Gasteiger partial charge >= 0.3 is 5.97 Å². The molecule has 0 aliphatic heterocycles. The minimum atomic E-state index is -0.261. The number of aromatic amines is 1. The first-order chi connectivity index (χ1) is 11.1. The van der Waals surface area contributed by atoms with E-state index in [0.29, 0.717) is 16.7 Å². The largest absolute Gasteiger partial charge is 0.466 e. The van der Waals surface area contributed by atoms with E-state index in [4.69, 9.17) is 27.9 Å². The summed E-state index contributed by atoms with van der Waals surface area (Å²) in [6.07, 6.45) is 0.187. The molecule has 0 radical (unpaired) electrons. The fraction of sp³-hybridized carbons (Fsp3) is 0.167. The van der Waals surface area contributed by atoms with Crippen LogP contribution in [0.4, 0.5) is 0 Å². The van der Waals surface area contributed by atoms with Gasteiger partial charge in [0, 0.05) is 21.5 Å². The van der Waals surface area contributed by atoms with E-state index in [2.05, 4.69) is 4.98 Å². The summed E-state index contributed by atoms with van der Waals surface area (Å²) in [6, 6.07) is 13.2. The summed E-state index contributed by atoms with van der Waals surface area (Å²) < 4.78 is 5.10. The van der Waals surface area contributed by atoms with Gasteiger partial charge in [0.1, 0.15) is 0 Å². The highest BCUT2D eigenvalue weighted by Gasteiger charge is 2.18. The average Bonchev–Trinajstić information content (AvgIpc) is 2.86. The van der Waals surface area contributed by atoms with Crippen LogP contribution >= 0.6 is 23.2 Å². The molecular weight excluding hydrogens is 333 g/mol. The van der Waals surface area contributed by atoms with Gasteiger partial charge in [-0.25, -0.2) is 0 Å². The topological polar surface area (TPSA) is 42.1 Å². The molecule has 0 unspecified atom stereocenters. The molecule has 3 nitrogen and oxygen atoms in total. The summed E-state index contributed by atoms with van der Waals surface area (Å²) in [5, 5.41) is 2.09. The monoisotopic (exact) mass is 347 g/mol. The number of carbonyl (C=O) groups is 1. The van der Waals surface area contributed by atoms with Gasteiger partial charge in [-0.2, -0.15) is 0 Å². The first-order valence-corrected chi connectivity index (χ1v) is 8.06. The third-order valence-corrected chi connectivity index (χ3v) is 4.19. The molecule has 0 fully saturated rings. The Balaban J connectivity index is 2.17. The summed E-state index contributed by atoms with van der Waals surface area (Å²) in [5.74, 6) is -0.261. The van der Waals surface area contributed by atoms with Crippen molar-refractivity contribution < 1.29 is 9.53 Å². The summed E-state index contributed by atoms with van der Waals surface area (Å²) in [6.45, 7) is 2.16. The Bertz CT molecular complexity index is 871. The average molecular weight is 348 g/mol. The molecule has 1 N–H and O–H groups in total. The van der Waals surface area contributed by atoms with E-state index in [1.807, 2.05) is 30.3 Å². The van der Waals surface area contributed by atoms with Crippen LogP contribution < -0.4 is 0 Å². The summed E-state index contributed by atoms with van der Waals surface area (Å²) in [4.78, 5) is 15.3. The minimum absolute atomic E-state index is 0.187. The Hall–Kier alpha value is -1.97. The fourth-order valence-corrected chi connectivity index (χ4v) is 3.17. The first-order valence-electron chi connectivity index (χ1n) is 7.30. The number of hydrogen-bond acceptors (Lipinski definition) is 2. The maximum atomic E-state index is 12.0. The van der Waals surface area contributed by atoms with Crippen LogP contribution in [0.5, 0.6) is 0 Å². The number of carbonyl (C=O) groups excluding carboxylic acids is 1. The smallest absolute Gasteiger partial charge is 0.310 e. The van der Waals surface area contributed by atoms with E-state index in [0.717, 1.165) is 27.7 Å². The Morgan fingerprint density at radius 3 is 2.70 bits per heavy atom. The summed E-state index contributed by atoms with van der Waals surface area (Å²) in [7, 11) is 0. The zero-order valence-corrected chi connectivity index (χ0v) is 14.0. The number of H-pyrrole nitrogens is 1. The molecular formula is C18H15Cl2NO2. The molecule has 3 rings (SSSR count). The third-order valence-electron chi connectivity index (χ3n) is 3.64. The number of halogens is 2. The Morgan fingerprint density at radius 1 is 1.17 bits per heavy atom. The lowest BCUT2D eigenvalue weighted by Crippen LogP contribution is -2.08. The molecule has 0 atom stereocenters. The van der Waals surface area contributed by atoms with Crippen molar-refractivity contribution in [1.29, 1.82) is 0 Å². The van der Waals surface area contributed by atoms with Crippen LogP contribution in [-0.4, -0.2) is 17.6 Å². The van der Waals surface area contributed by atoms with Crippen LogP contribution in [0, 0.1) is 0 Å². The predicted molar refractivity (Wildman–Crippen MR) is 94.1 cm³/mol. The Kier molecular flexibility index (Phi) is 4.60. The van der Waals surface area contributed by atoms with E-state index < -0.39 is 0 Å². The van der Waals surface area contributed by atoms with Crippen molar-refractivity contribution in [3.05, 3.63) is 58.1 Å². The lowest BCUT2D eigenvalue weighted by atomic mass is 10.0. The van der Waals surface area contributed by atoms with Crippen molar-refractivity contribution in [3.63, 3.8) is 0 Å². The van der Waals surface area contributed by atoms with E-state index in [9.17, 15) is 4.79 Å². The van der Waals surface area contributed by atoms with Gasteiger partial charge in [0.25, 0.3) is 0 Å². The lowest BCUT2D eigenvalue weighted by molar-refractivity contribution is -0.142. The maximum absolute atomic E-state index is 12.0. The molecule has 3 aromatic rings. The van der Waals surface area contributed by atoms with Gasteiger partial charge in [-0.1, -0.05) is 41.4 Å². The molecule has 118 valence electrons. The molecule has 0 amide bonds. The van der Waals surface area contributed by atoms with Gasteiger partial charge in [-0.05, 0) is 36.8 Å². The molecule has 5 heteroatoms. The number of para-hydroxylation sites is 1. The Morgan fingerprint density at radius 2 is 1.96 bits per heavy atom. The third kappa shape index (κ3) is 3.21. The van der Waals surface area contributed by atoms with Crippen molar-refractivity contribution in [2.45, 2.75) is 13.3 Å². The van der Waals surface area contributed by atoms with Crippen LogP contribution in [0.1, 0.15) is 12.5 Å². The van der Waals surface area contributed by atoms with Crippen molar-refractivity contribution in [3.8, 4) is 11.3 Å². The van der Waals surface area contributed by atoms with Gasteiger partial charge < -0.3 is 9.72 Å².